The Morgan fingerprint density at radius 2 is 2.18 bits per heavy atom. The molecule has 0 radical (unpaired) electrons. The van der Waals surface area contributed by atoms with Gasteiger partial charge in [0.1, 0.15) is 5.69 Å². The number of carbonyl (C=O) groups is 2. The van der Waals surface area contributed by atoms with Gasteiger partial charge in [0.25, 0.3) is 5.91 Å². The van der Waals surface area contributed by atoms with Crippen LogP contribution in [0.1, 0.15) is 29.8 Å². The third-order valence-electron chi connectivity index (χ3n) is 4.43. The third kappa shape index (κ3) is 2.34. The summed E-state index contributed by atoms with van der Waals surface area (Å²) in [5.41, 5.74) is 1.41. The number of carbonyl (C=O) groups excluding carboxylic acids is 2. The van der Waals surface area contributed by atoms with E-state index in [-0.39, 0.29) is 17.7 Å². The van der Waals surface area contributed by atoms with Crippen LogP contribution in [0.25, 0.3) is 5.52 Å². The highest BCUT2D eigenvalue weighted by molar-refractivity contribution is 5.93. The maximum atomic E-state index is 12.4. The predicted octanol–water partition coefficient (Wildman–Crippen LogP) is 1.07. The van der Waals surface area contributed by atoms with E-state index in [9.17, 15) is 9.59 Å². The SMILES string of the molecule is O=C(NC[C@@H]1CC(=O)N(C2CC2)C1)c1cccc2ccnn12. The molecule has 6 heteroatoms. The fourth-order valence-corrected chi connectivity index (χ4v) is 3.13. The Morgan fingerprint density at radius 3 is 3.00 bits per heavy atom. The zero-order valence-electron chi connectivity index (χ0n) is 12.2. The van der Waals surface area contributed by atoms with E-state index in [0.29, 0.717) is 24.7 Å². The number of amides is 2. The van der Waals surface area contributed by atoms with Crippen molar-refractivity contribution >= 4 is 17.3 Å². The maximum absolute atomic E-state index is 12.4. The second-order valence-electron chi connectivity index (χ2n) is 6.14. The number of nitrogens with zero attached hydrogens (tertiary/aromatic N) is 3. The molecule has 1 saturated carbocycles. The van der Waals surface area contributed by atoms with Gasteiger partial charge in [0.2, 0.25) is 5.91 Å². The molecule has 3 heterocycles. The van der Waals surface area contributed by atoms with Gasteiger partial charge in [-0.15, -0.1) is 0 Å². The van der Waals surface area contributed by atoms with Crippen LogP contribution in [0.15, 0.2) is 30.5 Å². The van der Waals surface area contributed by atoms with Crippen molar-refractivity contribution in [3.63, 3.8) is 0 Å². The summed E-state index contributed by atoms with van der Waals surface area (Å²) >= 11 is 0. The van der Waals surface area contributed by atoms with Gasteiger partial charge in [0.15, 0.2) is 0 Å². The zero-order valence-corrected chi connectivity index (χ0v) is 12.2. The summed E-state index contributed by atoms with van der Waals surface area (Å²) in [7, 11) is 0. The Morgan fingerprint density at radius 1 is 1.32 bits per heavy atom. The Kier molecular flexibility index (Phi) is 3.10. The van der Waals surface area contributed by atoms with Gasteiger partial charge < -0.3 is 10.2 Å². The average molecular weight is 298 g/mol. The molecule has 1 saturated heterocycles. The third-order valence-corrected chi connectivity index (χ3v) is 4.43. The molecule has 2 aliphatic rings. The molecule has 0 aromatic carbocycles. The van der Waals surface area contributed by atoms with Crippen molar-refractivity contribution in [3.8, 4) is 0 Å². The fourth-order valence-electron chi connectivity index (χ4n) is 3.13. The Balaban J connectivity index is 1.40. The molecule has 1 N–H and O–H groups in total. The van der Waals surface area contributed by atoms with Gasteiger partial charge in [-0.2, -0.15) is 5.10 Å². The van der Waals surface area contributed by atoms with Crippen LogP contribution >= 0.6 is 0 Å². The molecule has 1 aliphatic heterocycles. The van der Waals surface area contributed by atoms with Crippen LogP contribution in [0, 0.1) is 5.92 Å². The molecule has 6 nitrogen and oxygen atoms in total. The van der Waals surface area contributed by atoms with Gasteiger partial charge in [-0.3, -0.25) is 9.59 Å². The molecule has 2 amide bonds. The van der Waals surface area contributed by atoms with Crippen LogP contribution in [0.4, 0.5) is 0 Å². The van der Waals surface area contributed by atoms with Crippen molar-refractivity contribution in [2.75, 3.05) is 13.1 Å². The number of hydrogen-bond donors (Lipinski definition) is 1. The summed E-state index contributed by atoms with van der Waals surface area (Å²) in [5.74, 6) is 0.302. The average Bonchev–Trinajstić information content (AvgIpc) is 3.12. The maximum Gasteiger partial charge on any atom is 0.269 e. The minimum absolute atomic E-state index is 0.147. The highest BCUT2D eigenvalue weighted by atomic mass is 16.2. The van der Waals surface area contributed by atoms with Gasteiger partial charge in [0.05, 0.1) is 11.7 Å². The van der Waals surface area contributed by atoms with Crippen LogP contribution in [-0.4, -0.2) is 45.5 Å². The summed E-state index contributed by atoms with van der Waals surface area (Å²) < 4.78 is 1.63. The molecule has 4 rings (SSSR count). The molecular weight excluding hydrogens is 280 g/mol. The normalized spacial score (nSPS) is 21.5. The van der Waals surface area contributed by atoms with Gasteiger partial charge >= 0.3 is 0 Å². The van der Waals surface area contributed by atoms with Crippen molar-refractivity contribution in [2.45, 2.75) is 25.3 Å². The second-order valence-corrected chi connectivity index (χ2v) is 6.14. The lowest BCUT2D eigenvalue weighted by Gasteiger charge is -2.15. The first-order chi connectivity index (χ1) is 10.7. The second kappa shape index (κ2) is 5.12. The highest BCUT2D eigenvalue weighted by Gasteiger charge is 2.39. The van der Waals surface area contributed by atoms with Crippen LogP contribution in [0.5, 0.6) is 0 Å². The van der Waals surface area contributed by atoms with Crippen LogP contribution in [0.2, 0.25) is 0 Å². The first-order valence-corrected chi connectivity index (χ1v) is 7.73. The van der Waals surface area contributed by atoms with E-state index in [1.807, 2.05) is 23.1 Å². The minimum atomic E-state index is -0.147. The fraction of sp³-hybridized carbons (Fsp3) is 0.438. The number of fused-ring (bicyclic) bond motifs is 1. The summed E-state index contributed by atoms with van der Waals surface area (Å²) in [6, 6.07) is 7.84. The number of nitrogens with one attached hydrogen (secondary N) is 1. The number of aromatic nitrogens is 2. The van der Waals surface area contributed by atoms with Crippen molar-refractivity contribution in [2.24, 2.45) is 5.92 Å². The molecule has 1 aliphatic carbocycles. The van der Waals surface area contributed by atoms with Crippen LogP contribution in [0.3, 0.4) is 0 Å². The van der Waals surface area contributed by atoms with Crippen molar-refractivity contribution in [1.82, 2.24) is 19.8 Å². The van der Waals surface area contributed by atoms with E-state index < -0.39 is 0 Å². The molecule has 114 valence electrons. The Hall–Kier alpha value is -2.37. The van der Waals surface area contributed by atoms with Gasteiger partial charge in [-0.25, -0.2) is 4.52 Å². The van der Waals surface area contributed by atoms with Gasteiger partial charge in [-0.05, 0) is 31.0 Å². The molecular formula is C16H18N4O2. The summed E-state index contributed by atoms with van der Waals surface area (Å²) in [4.78, 5) is 26.2. The molecule has 1 atom stereocenters. The molecule has 22 heavy (non-hydrogen) atoms. The lowest BCUT2D eigenvalue weighted by molar-refractivity contribution is -0.128. The highest BCUT2D eigenvalue weighted by Crippen LogP contribution is 2.32. The molecule has 2 aromatic rings. The minimum Gasteiger partial charge on any atom is -0.350 e. The quantitative estimate of drug-likeness (QED) is 0.918. The van der Waals surface area contributed by atoms with Crippen LogP contribution in [-0.2, 0) is 4.79 Å². The Labute approximate surface area is 128 Å². The monoisotopic (exact) mass is 298 g/mol. The number of pyridine rings is 1. The lowest BCUT2D eigenvalue weighted by atomic mass is 10.1. The first-order valence-electron chi connectivity index (χ1n) is 7.73. The van der Waals surface area contributed by atoms with E-state index in [4.69, 9.17) is 0 Å². The van der Waals surface area contributed by atoms with Crippen molar-refractivity contribution < 1.29 is 9.59 Å². The van der Waals surface area contributed by atoms with Crippen molar-refractivity contribution in [3.05, 3.63) is 36.2 Å². The summed E-state index contributed by atoms with van der Waals surface area (Å²) in [5, 5.41) is 7.11. The first kappa shape index (κ1) is 13.3. The standard InChI is InChI=1S/C16H18N4O2/c21-15-8-11(10-19(15)12-4-5-12)9-17-16(22)14-3-1-2-13-6-7-18-20(13)14/h1-3,6-7,11-12H,4-5,8-10H2,(H,17,22)/t11-/m0/s1. The number of likely N-dealkylation sites (tertiary alicyclic amines) is 1. The predicted molar refractivity (Wildman–Crippen MR) is 80.4 cm³/mol. The molecule has 0 spiro atoms. The van der Waals surface area contributed by atoms with E-state index >= 15 is 0 Å². The van der Waals surface area contributed by atoms with E-state index in [1.165, 1.54) is 0 Å². The van der Waals surface area contributed by atoms with E-state index in [1.54, 1.807) is 16.8 Å². The zero-order chi connectivity index (χ0) is 15.1. The summed E-state index contributed by atoms with van der Waals surface area (Å²) in [6.07, 6.45) is 4.48. The number of hydrogen-bond acceptors (Lipinski definition) is 3. The van der Waals surface area contributed by atoms with Gasteiger partial charge in [0, 0.05) is 31.5 Å². The molecule has 0 unspecified atom stereocenters. The summed E-state index contributed by atoms with van der Waals surface area (Å²) in [6.45, 7) is 1.31. The smallest absolute Gasteiger partial charge is 0.269 e. The largest absolute Gasteiger partial charge is 0.350 e. The molecule has 0 bridgehead atoms. The molecule has 2 aromatic heterocycles. The number of rotatable bonds is 4. The van der Waals surface area contributed by atoms with Crippen molar-refractivity contribution in [1.29, 1.82) is 0 Å². The lowest BCUT2D eigenvalue weighted by Crippen LogP contribution is -2.32. The van der Waals surface area contributed by atoms with Gasteiger partial charge in [-0.1, -0.05) is 6.07 Å². The topological polar surface area (TPSA) is 66.7 Å². The van der Waals surface area contributed by atoms with E-state index in [0.717, 1.165) is 24.9 Å². The Bertz CT molecular complexity index is 735. The van der Waals surface area contributed by atoms with Crippen LogP contribution < -0.4 is 5.32 Å². The molecule has 2 fully saturated rings. The van der Waals surface area contributed by atoms with E-state index in [2.05, 4.69) is 10.4 Å².